The zero-order valence-electron chi connectivity index (χ0n) is 16.2. The standard InChI is InChI=1S/C24H32O2/c1-3-4-8-19-26-20(2)9-6-5-7-10-21-11-13-22(14-12-21)23-15-17-24(25)18-16-23/h7,10-18,20,25H,3-6,8-9,19H2,1-2H3/b10-7+. The highest BCUT2D eigenvalue weighted by Crippen LogP contribution is 2.22. The Morgan fingerprint density at radius 1 is 0.923 bits per heavy atom. The fourth-order valence-corrected chi connectivity index (χ4v) is 2.90. The minimum atomic E-state index is 0.300. The van der Waals surface area contributed by atoms with E-state index in [0.717, 1.165) is 37.0 Å². The van der Waals surface area contributed by atoms with E-state index in [1.165, 1.54) is 24.8 Å². The first-order valence-electron chi connectivity index (χ1n) is 9.86. The van der Waals surface area contributed by atoms with Crippen LogP contribution in [0.3, 0.4) is 0 Å². The highest BCUT2D eigenvalue weighted by atomic mass is 16.5. The van der Waals surface area contributed by atoms with E-state index >= 15 is 0 Å². The molecule has 0 aliphatic heterocycles. The Morgan fingerprint density at radius 2 is 1.58 bits per heavy atom. The third-order valence-electron chi connectivity index (χ3n) is 4.55. The van der Waals surface area contributed by atoms with Gasteiger partial charge in [0, 0.05) is 6.61 Å². The summed E-state index contributed by atoms with van der Waals surface area (Å²) in [5.74, 6) is 0.300. The van der Waals surface area contributed by atoms with Gasteiger partial charge in [-0.1, -0.05) is 68.3 Å². The fourth-order valence-electron chi connectivity index (χ4n) is 2.90. The first-order valence-corrected chi connectivity index (χ1v) is 9.86. The number of allylic oxidation sites excluding steroid dienone is 1. The van der Waals surface area contributed by atoms with Crippen LogP contribution in [-0.2, 0) is 4.74 Å². The summed E-state index contributed by atoms with van der Waals surface area (Å²) >= 11 is 0. The van der Waals surface area contributed by atoms with Gasteiger partial charge < -0.3 is 9.84 Å². The molecule has 0 spiro atoms. The summed E-state index contributed by atoms with van der Waals surface area (Å²) in [6.45, 7) is 5.30. The van der Waals surface area contributed by atoms with Crippen molar-refractivity contribution in [3.63, 3.8) is 0 Å². The SMILES string of the molecule is CCCCCOC(C)CCC/C=C/c1ccc(-c2ccc(O)cc2)cc1. The van der Waals surface area contributed by atoms with Crippen LogP contribution in [0.1, 0.15) is 57.9 Å². The minimum absolute atomic E-state index is 0.300. The maximum absolute atomic E-state index is 9.37. The van der Waals surface area contributed by atoms with Crippen LogP contribution in [-0.4, -0.2) is 17.8 Å². The van der Waals surface area contributed by atoms with Crippen molar-refractivity contribution in [2.75, 3.05) is 6.61 Å². The second-order valence-electron chi connectivity index (χ2n) is 6.89. The van der Waals surface area contributed by atoms with Gasteiger partial charge in [0.2, 0.25) is 0 Å². The molecule has 0 saturated carbocycles. The summed E-state index contributed by atoms with van der Waals surface area (Å²) in [6, 6.07) is 15.8. The predicted octanol–water partition coefficient (Wildman–Crippen LogP) is 6.84. The zero-order chi connectivity index (χ0) is 18.6. The molecule has 2 rings (SSSR count). The lowest BCUT2D eigenvalue weighted by Crippen LogP contribution is -2.08. The van der Waals surface area contributed by atoms with Gasteiger partial charge in [0.1, 0.15) is 5.75 Å². The van der Waals surface area contributed by atoms with Gasteiger partial charge in [0.05, 0.1) is 6.10 Å². The number of phenolic OH excluding ortho intramolecular Hbond substituents is 1. The molecule has 2 heteroatoms. The molecular weight excluding hydrogens is 320 g/mol. The van der Waals surface area contributed by atoms with E-state index in [4.69, 9.17) is 4.74 Å². The lowest BCUT2D eigenvalue weighted by atomic mass is 10.0. The van der Waals surface area contributed by atoms with Crippen LogP contribution in [0.15, 0.2) is 54.6 Å². The number of unbranched alkanes of at least 4 members (excludes halogenated alkanes) is 3. The quantitative estimate of drug-likeness (QED) is 0.449. The Kier molecular flexibility index (Phi) is 8.99. The predicted molar refractivity (Wildman–Crippen MR) is 111 cm³/mol. The van der Waals surface area contributed by atoms with Crippen LogP contribution in [0.4, 0.5) is 0 Å². The Hall–Kier alpha value is -2.06. The van der Waals surface area contributed by atoms with Crippen molar-refractivity contribution in [1.29, 1.82) is 0 Å². The summed E-state index contributed by atoms with van der Waals surface area (Å²) in [5, 5.41) is 9.37. The number of hydrogen-bond donors (Lipinski definition) is 1. The molecule has 26 heavy (non-hydrogen) atoms. The Balaban J connectivity index is 1.69. The molecule has 2 aromatic carbocycles. The molecule has 0 aliphatic carbocycles. The second-order valence-corrected chi connectivity index (χ2v) is 6.89. The largest absolute Gasteiger partial charge is 0.508 e. The first-order chi connectivity index (χ1) is 12.7. The summed E-state index contributed by atoms with van der Waals surface area (Å²) in [6.07, 6.45) is 11.9. The van der Waals surface area contributed by atoms with E-state index in [-0.39, 0.29) is 0 Å². The molecule has 1 atom stereocenters. The Morgan fingerprint density at radius 3 is 2.23 bits per heavy atom. The molecule has 0 fully saturated rings. The molecule has 1 unspecified atom stereocenters. The molecule has 0 aromatic heterocycles. The van der Waals surface area contributed by atoms with Crippen LogP contribution >= 0.6 is 0 Å². The molecule has 0 heterocycles. The topological polar surface area (TPSA) is 29.5 Å². The number of phenols is 1. The Bertz CT molecular complexity index is 641. The lowest BCUT2D eigenvalue weighted by Gasteiger charge is -2.12. The van der Waals surface area contributed by atoms with Crippen LogP contribution in [0.5, 0.6) is 5.75 Å². The number of aromatic hydroxyl groups is 1. The summed E-state index contributed by atoms with van der Waals surface area (Å²) in [5.41, 5.74) is 3.50. The van der Waals surface area contributed by atoms with Gasteiger partial charge in [-0.05, 0) is 61.4 Å². The van der Waals surface area contributed by atoms with Gasteiger partial charge in [0.25, 0.3) is 0 Å². The third kappa shape index (κ3) is 7.45. The molecule has 1 N–H and O–H groups in total. The normalized spacial score (nSPS) is 12.5. The average Bonchev–Trinajstić information content (AvgIpc) is 2.66. The average molecular weight is 353 g/mol. The lowest BCUT2D eigenvalue weighted by molar-refractivity contribution is 0.0566. The summed E-state index contributed by atoms with van der Waals surface area (Å²) in [7, 11) is 0. The van der Waals surface area contributed by atoms with E-state index in [1.807, 2.05) is 12.1 Å². The number of hydrogen-bond acceptors (Lipinski definition) is 2. The van der Waals surface area contributed by atoms with E-state index in [0.29, 0.717) is 11.9 Å². The molecule has 0 bridgehead atoms. The molecule has 140 valence electrons. The molecular formula is C24H32O2. The fraction of sp³-hybridized carbons (Fsp3) is 0.417. The smallest absolute Gasteiger partial charge is 0.115 e. The maximum atomic E-state index is 9.37. The summed E-state index contributed by atoms with van der Waals surface area (Å²) in [4.78, 5) is 0. The van der Waals surface area contributed by atoms with Crippen molar-refractivity contribution >= 4 is 6.08 Å². The minimum Gasteiger partial charge on any atom is -0.508 e. The molecule has 0 aliphatic rings. The molecule has 0 saturated heterocycles. The van der Waals surface area contributed by atoms with Crippen molar-refractivity contribution in [1.82, 2.24) is 0 Å². The van der Waals surface area contributed by atoms with Crippen LogP contribution in [0, 0.1) is 0 Å². The van der Waals surface area contributed by atoms with Crippen molar-refractivity contribution in [2.24, 2.45) is 0 Å². The molecule has 2 nitrogen and oxygen atoms in total. The van der Waals surface area contributed by atoms with Gasteiger partial charge in [-0.2, -0.15) is 0 Å². The van der Waals surface area contributed by atoms with Gasteiger partial charge in [-0.25, -0.2) is 0 Å². The van der Waals surface area contributed by atoms with Crippen LogP contribution in [0.25, 0.3) is 17.2 Å². The van der Waals surface area contributed by atoms with Gasteiger partial charge in [-0.3, -0.25) is 0 Å². The van der Waals surface area contributed by atoms with Crippen molar-refractivity contribution in [3.05, 3.63) is 60.2 Å². The highest BCUT2D eigenvalue weighted by Gasteiger charge is 2.01. The number of rotatable bonds is 11. The van der Waals surface area contributed by atoms with Crippen molar-refractivity contribution in [2.45, 2.75) is 58.5 Å². The van der Waals surface area contributed by atoms with E-state index in [9.17, 15) is 5.11 Å². The first kappa shape index (κ1) is 20.3. The van der Waals surface area contributed by atoms with Crippen LogP contribution in [0.2, 0.25) is 0 Å². The highest BCUT2D eigenvalue weighted by molar-refractivity contribution is 5.66. The van der Waals surface area contributed by atoms with E-state index < -0.39 is 0 Å². The van der Waals surface area contributed by atoms with Gasteiger partial charge >= 0.3 is 0 Å². The van der Waals surface area contributed by atoms with Crippen molar-refractivity contribution < 1.29 is 9.84 Å². The van der Waals surface area contributed by atoms with Crippen molar-refractivity contribution in [3.8, 4) is 16.9 Å². The number of benzene rings is 2. The van der Waals surface area contributed by atoms with Crippen LogP contribution < -0.4 is 0 Å². The second kappa shape index (κ2) is 11.5. The monoisotopic (exact) mass is 352 g/mol. The maximum Gasteiger partial charge on any atom is 0.115 e. The molecule has 0 radical (unpaired) electrons. The zero-order valence-corrected chi connectivity index (χ0v) is 16.2. The van der Waals surface area contributed by atoms with E-state index in [1.54, 1.807) is 12.1 Å². The summed E-state index contributed by atoms with van der Waals surface area (Å²) < 4.78 is 5.83. The molecule has 0 amide bonds. The molecule has 2 aromatic rings. The van der Waals surface area contributed by atoms with E-state index in [2.05, 4.69) is 50.3 Å². The van der Waals surface area contributed by atoms with Gasteiger partial charge in [-0.15, -0.1) is 0 Å². The third-order valence-corrected chi connectivity index (χ3v) is 4.55. The van der Waals surface area contributed by atoms with Gasteiger partial charge in [0.15, 0.2) is 0 Å². The number of ether oxygens (including phenoxy) is 1. The Labute approximate surface area is 158 Å².